The molecule has 0 unspecified atom stereocenters. The Labute approximate surface area is 136 Å². The number of urea groups is 1. The molecule has 2 amide bonds. The normalized spacial score (nSPS) is 28.1. The molecule has 0 radical (unpaired) electrons. The third-order valence-electron chi connectivity index (χ3n) is 5.06. The highest BCUT2D eigenvalue weighted by Crippen LogP contribution is 2.39. The Morgan fingerprint density at radius 3 is 3.00 bits per heavy atom. The molecule has 1 saturated carbocycles. The maximum Gasteiger partial charge on any atom is 0.321 e. The molecule has 1 heterocycles. The van der Waals surface area contributed by atoms with Gasteiger partial charge in [-0.1, -0.05) is 25.0 Å². The van der Waals surface area contributed by atoms with Crippen molar-refractivity contribution in [3.8, 4) is 0 Å². The monoisotopic (exact) mass is 320 g/mol. The van der Waals surface area contributed by atoms with E-state index < -0.39 is 5.60 Å². The van der Waals surface area contributed by atoms with Crippen LogP contribution in [0.2, 0.25) is 0 Å². The van der Waals surface area contributed by atoms with Gasteiger partial charge in [0.25, 0.3) is 0 Å². The van der Waals surface area contributed by atoms with Gasteiger partial charge in [0.15, 0.2) is 0 Å². The van der Waals surface area contributed by atoms with Crippen LogP contribution in [-0.4, -0.2) is 41.0 Å². The van der Waals surface area contributed by atoms with E-state index in [1.54, 1.807) is 11.8 Å². The second-order valence-electron chi connectivity index (χ2n) is 6.37. The van der Waals surface area contributed by atoms with Crippen LogP contribution in [0.5, 0.6) is 0 Å². The number of thioether (sulfide) groups is 1. The van der Waals surface area contributed by atoms with Gasteiger partial charge in [0.05, 0.1) is 11.3 Å². The molecule has 0 spiro atoms. The molecule has 120 valence electrons. The molecule has 1 aromatic rings. The van der Waals surface area contributed by atoms with Gasteiger partial charge in [-0.15, -0.1) is 11.8 Å². The summed E-state index contributed by atoms with van der Waals surface area (Å²) in [5.74, 6) is 0.233. The van der Waals surface area contributed by atoms with Gasteiger partial charge in [0.2, 0.25) is 0 Å². The van der Waals surface area contributed by atoms with Gasteiger partial charge in [0, 0.05) is 23.9 Å². The molecule has 2 aliphatic rings. The Kier molecular flexibility index (Phi) is 4.64. The van der Waals surface area contributed by atoms with Crippen molar-refractivity contribution in [2.75, 3.05) is 24.7 Å². The maximum absolute atomic E-state index is 12.5. The molecule has 2 fully saturated rings. The number of nitrogens with one attached hydrogen (secondary N) is 1. The summed E-state index contributed by atoms with van der Waals surface area (Å²) in [5.41, 5.74) is 0.330. The third kappa shape index (κ3) is 3.10. The Bertz CT molecular complexity index is 551. The Morgan fingerprint density at radius 2 is 2.18 bits per heavy atom. The van der Waals surface area contributed by atoms with Crippen LogP contribution in [0.4, 0.5) is 10.5 Å². The Hall–Kier alpha value is -1.20. The number of aliphatic hydroxyl groups is 1. The number of amides is 2. The van der Waals surface area contributed by atoms with Gasteiger partial charge in [0.1, 0.15) is 0 Å². The first kappa shape index (κ1) is 15.7. The number of hydrogen-bond acceptors (Lipinski definition) is 3. The maximum atomic E-state index is 12.5. The molecule has 4 nitrogen and oxygen atoms in total. The zero-order valence-electron chi connectivity index (χ0n) is 13.0. The van der Waals surface area contributed by atoms with Gasteiger partial charge >= 0.3 is 6.03 Å². The lowest BCUT2D eigenvalue weighted by molar-refractivity contribution is -0.0863. The van der Waals surface area contributed by atoms with Crippen molar-refractivity contribution in [2.45, 2.75) is 42.6 Å². The SMILES string of the molecule is CSc1ccccc1NC(=O)N1CC[C@@]2(O)CCCC[C@H]2C1. The van der Waals surface area contributed by atoms with E-state index in [9.17, 15) is 9.90 Å². The predicted octanol–water partition coefficient (Wildman–Crippen LogP) is 3.57. The first-order chi connectivity index (χ1) is 10.6. The van der Waals surface area contributed by atoms with E-state index in [-0.39, 0.29) is 11.9 Å². The molecule has 1 aromatic carbocycles. The topological polar surface area (TPSA) is 52.6 Å². The van der Waals surface area contributed by atoms with Crippen LogP contribution in [0.25, 0.3) is 0 Å². The summed E-state index contributed by atoms with van der Waals surface area (Å²) in [4.78, 5) is 15.5. The number of benzene rings is 1. The van der Waals surface area contributed by atoms with E-state index >= 15 is 0 Å². The number of rotatable bonds is 2. The summed E-state index contributed by atoms with van der Waals surface area (Å²) in [6, 6.07) is 7.81. The average molecular weight is 320 g/mol. The van der Waals surface area contributed by atoms with E-state index in [1.807, 2.05) is 35.4 Å². The van der Waals surface area contributed by atoms with Gasteiger partial charge in [-0.25, -0.2) is 4.79 Å². The van der Waals surface area contributed by atoms with Gasteiger partial charge < -0.3 is 15.3 Å². The minimum Gasteiger partial charge on any atom is -0.389 e. The van der Waals surface area contributed by atoms with Crippen molar-refractivity contribution in [3.05, 3.63) is 24.3 Å². The number of carbonyl (C=O) groups excluding carboxylic acids is 1. The van der Waals surface area contributed by atoms with Crippen molar-refractivity contribution < 1.29 is 9.90 Å². The Balaban J connectivity index is 1.66. The van der Waals surface area contributed by atoms with Crippen LogP contribution in [0.1, 0.15) is 32.1 Å². The molecule has 1 aliphatic carbocycles. The van der Waals surface area contributed by atoms with Crippen LogP contribution >= 0.6 is 11.8 Å². The molecule has 5 heteroatoms. The lowest BCUT2D eigenvalue weighted by atomic mass is 9.71. The number of piperidine rings is 1. The summed E-state index contributed by atoms with van der Waals surface area (Å²) in [6.45, 7) is 1.31. The molecule has 1 saturated heterocycles. The van der Waals surface area contributed by atoms with Crippen molar-refractivity contribution >= 4 is 23.5 Å². The molecule has 22 heavy (non-hydrogen) atoms. The Morgan fingerprint density at radius 1 is 1.36 bits per heavy atom. The van der Waals surface area contributed by atoms with E-state index in [2.05, 4.69) is 5.32 Å². The number of anilines is 1. The zero-order valence-corrected chi connectivity index (χ0v) is 13.9. The molecular formula is C17H24N2O2S. The molecule has 3 rings (SSSR count). The minimum absolute atomic E-state index is 0.0471. The highest BCUT2D eigenvalue weighted by Gasteiger charge is 2.43. The fourth-order valence-corrected chi connectivity index (χ4v) is 4.25. The first-order valence-corrected chi connectivity index (χ1v) is 9.26. The van der Waals surface area contributed by atoms with E-state index in [0.29, 0.717) is 19.5 Å². The predicted molar refractivity (Wildman–Crippen MR) is 90.3 cm³/mol. The number of likely N-dealkylation sites (tertiary alicyclic amines) is 1. The molecular weight excluding hydrogens is 296 g/mol. The molecule has 0 bridgehead atoms. The highest BCUT2D eigenvalue weighted by atomic mass is 32.2. The van der Waals surface area contributed by atoms with Gasteiger partial charge in [-0.05, 0) is 37.7 Å². The minimum atomic E-state index is -0.536. The van der Waals surface area contributed by atoms with Gasteiger partial charge in [-0.2, -0.15) is 0 Å². The van der Waals surface area contributed by atoms with E-state index in [1.165, 1.54) is 0 Å². The number of hydrogen-bond donors (Lipinski definition) is 2. The molecule has 1 aliphatic heterocycles. The molecule has 2 atom stereocenters. The van der Waals surface area contributed by atoms with E-state index in [4.69, 9.17) is 0 Å². The van der Waals surface area contributed by atoms with E-state index in [0.717, 1.165) is 36.3 Å². The van der Waals surface area contributed by atoms with Crippen molar-refractivity contribution in [3.63, 3.8) is 0 Å². The summed E-state index contributed by atoms with van der Waals surface area (Å²) >= 11 is 1.63. The molecule has 0 aromatic heterocycles. The number of para-hydroxylation sites is 1. The van der Waals surface area contributed by atoms with Crippen LogP contribution in [0.3, 0.4) is 0 Å². The lowest BCUT2D eigenvalue weighted by Crippen LogP contribution is -2.55. The quantitative estimate of drug-likeness (QED) is 0.819. The average Bonchev–Trinajstić information content (AvgIpc) is 2.54. The third-order valence-corrected chi connectivity index (χ3v) is 5.86. The molecule has 2 N–H and O–H groups in total. The summed E-state index contributed by atoms with van der Waals surface area (Å²) in [6.07, 6.45) is 6.91. The van der Waals surface area contributed by atoms with Gasteiger partial charge in [-0.3, -0.25) is 0 Å². The van der Waals surface area contributed by atoms with Crippen molar-refractivity contribution in [2.24, 2.45) is 5.92 Å². The number of fused-ring (bicyclic) bond motifs is 1. The van der Waals surface area contributed by atoms with Crippen LogP contribution < -0.4 is 5.32 Å². The second kappa shape index (κ2) is 6.50. The standard InChI is InChI=1S/C17H24N2O2S/c1-22-15-8-3-2-7-14(15)18-16(20)19-11-10-17(21)9-5-4-6-13(17)12-19/h2-3,7-8,13,21H,4-6,9-12H2,1H3,(H,18,20)/t13-,17-/m0/s1. The van der Waals surface area contributed by atoms with Crippen molar-refractivity contribution in [1.82, 2.24) is 4.90 Å². The summed E-state index contributed by atoms with van der Waals surface area (Å²) < 4.78 is 0. The number of nitrogens with zero attached hydrogens (tertiary/aromatic N) is 1. The largest absolute Gasteiger partial charge is 0.389 e. The van der Waals surface area contributed by atoms with Crippen molar-refractivity contribution in [1.29, 1.82) is 0 Å². The smallest absolute Gasteiger partial charge is 0.321 e. The first-order valence-electron chi connectivity index (χ1n) is 8.04. The lowest BCUT2D eigenvalue weighted by Gasteiger charge is -2.47. The summed E-state index contributed by atoms with van der Waals surface area (Å²) in [5, 5.41) is 13.7. The van der Waals surface area contributed by atoms with Crippen LogP contribution in [0, 0.1) is 5.92 Å². The number of carbonyl (C=O) groups is 1. The summed E-state index contributed by atoms with van der Waals surface area (Å²) in [7, 11) is 0. The second-order valence-corrected chi connectivity index (χ2v) is 7.22. The van der Waals surface area contributed by atoms with Crippen LogP contribution in [-0.2, 0) is 0 Å². The highest BCUT2D eigenvalue weighted by molar-refractivity contribution is 7.98. The fraction of sp³-hybridized carbons (Fsp3) is 0.588. The fourth-order valence-electron chi connectivity index (χ4n) is 3.70. The zero-order chi connectivity index (χ0) is 15.6. The van der Waals surface area contributed by atoms with Crippen LogP contribution in [0.15, 0.2) is 29.2 Å².